The van der Waals surface area contributed by atoms with Crippen molar-refractivity contribution in [3.63, 3.8) is 0 Å². The van der Waals surface area contributed by atoms with Crippen LogP contribution >= 0.6 is 0 Å². The lowest BCUT2D eigenvalue weighted by molar-refractivity contribution is -0.122. The fraction of sp³-hybridized carbons (Fsp3) is 0.323. The Balaban J connectivity index is 1.35. The highest BCUT2D eigenvalue weighted by Crippen LogP contribution is 2.38. The summed E-state index contributed by atoms with van der Waals surface area (Å²) in [5.74, 6) is 1.33. The Morgan fingerprint density at radius 1 is 1.03 bits per heavy atom. The van der Waals surface area contributed by atoms with Crippen molar-refractivity contribution in [2.75, 3.05) is 7.11 Å². The van der Waals surface area contributed by atoms with Crippen molar-refractivity contribution in [2.45, 2.75) is 58.2 Å². The van der Waals surface area contributed by atoms with Gasteiger partial charge in [-0.3, -0.25) is 4.79 Å². The van der Waals surface area contributed by atoms with E-state index >= 15 is 0 Å². The number of methoxy groups -OCH3 is 1. The lowest BCUT2D eigenvalue weighted by Gasteiger charge is -2.16. The van der Waals surface area contributed by atoms with Crippen LogP contribution in [0.5, 0.6) is 0 Å². The van der Waals surface area contributed by atoms with E-state index in [4.69, 9.17) is 14.2 Å². The van der Waals surface area contributed by atoms with Crippen LogP contribution in [0.2, 0.25) is 0 Å². The molecule has 0 radical (unpaired) electrons. The van der Waals surface area contributed by atoms with Crippen LogP contribution < -0.4 is 5.32 Å². The van der Waals surface area contributed by atoms with Gasteiger partial charge in [-0.25, -0.2) is 0 Å². The SMILES string of the molecule is CCCC(=O)C1(NCc2cccc(-c3noc(-c4ccc(-c5ccccc5C)c(COC)c4)n3)c2)CC1. The van der Waals surface area contributed by atoms with E-state index in [1.54, 1.807) is 7.11 Å². The van der Waals surface area contributed by atoms with Gasteiger partial charge >= 0.3 is 0 Å². The number of rotatable bonds is 11. The molecule has 6 nitrogen and oxygen atoms in total. The van der Waals surface area contributed by atoms with Gasteiger partial charge in [-0.15, -0.1) is 0 Å². The quantitative estimate of drug-likeness (QED) is 0.255. The monoisotopic (exact) mass is 495 g/mol. The Morgan fingerprint density at radius 3 is 2.62 bits per heavy atom. The summed E-state index contributed by atoms with van der Waals surface area (Å²) in [6.45, 7) is 5.28. The largest absolute Gasteiger partial charge is 0.380 e. The first kappa shape index (κ1) is 25.1. The van der Waals surface area contributed by atoms with Crippen LogP contribution in [0.15, 0.2) is 71.3 Å². The van der Waals surface area contributed by atoms with Gasteiger partial charge in [0.15, 0.2) is 5.78 Å². The van der Waals surface area contributed by atoms with Crippen LogP contribution in [0.1, 0.15) is 49.3 Å². The molecular formula is C31H33N3O3. The first-order valence-corrected chi connectivity index (χ1v) is 12.9. The number of ether oxygens (including phenoxy) is 1. The molecule has 4 aromatic rings. The zero-order chi connectivity index (χ0) is 25.8. The summed E-state index contributed by atoms with van der Waals surface area (Å²) in [6.07, 6.45) is 3.37. The van der Waals surface area contributed by atoms with E-state index in [1.807, 2.05) is 37.3 Å². The number of nitrogens with zero attached hydrogens (tertiary/aromatic N) is 2. The zero-order valence-corrected chi connectivity index (χ0v) is 21.7. The highest BCUT2D eigenvalue weighted by atomic mass is 16.5. The molecule has 1 N–H and O–H groups in total. The number of nitrogens with one attached hydrogen (secondary N) is 1. The molecule has 0 saturated heterocycles. The summed E-state index contributed by atoms with van der Waals surface area (Å²) in [5.41, 5.74) is 7.09. The molecule has 1 aromatic heterocycles. The summed E-state index contributed by atoms with van der Waals surface area (Å²) in [5, 5.41) is 7.75. The van der Waals surface area contributed by atoms with Crippen molar-refractivity contribution < 1.29 is 14.1 Å². The molecule has 0 amide bonds. The molecule has 0 spiro atoms. The average molecular weight is 496 g/mol. The third-order valence-corrected chi connectivity index (χ3v) is 7.09. The standard InChI is InChI=1S/C31H33N3O3/c1-4-8-28(35)31(15-16-31)32-19-22-10-7-11-23(17-22)29-33-30(37-34-29)24-13-14-27(25(18-24)20-36-3)26-12-6-5-9-21(26)2/h5-7,9-14,17-18,32H,4,8,15-16,19-20H2,1-3H3. The second-order valence-electron chi connectivity index (χ2n) is 9.85. The molecule has 1 aliphatic carbocycles. The number of aryl methyl sites for hydroxylation is 1. The van der Waals surface area contributed by atoms with Gasteiger partial charge in [0.1, 0.15) is 0 Å². The molecule has 1 saturated carbocycles. The first-order chi connectivity index (χ1) is 18.0. The normalized spacial score (nSPS) is 14.0. The van der Waals surface area contributed by atoms with Crippen LogP contribution in [0.4, 0.5) is 0 Å². The number of hydrogen-bond donors (Lipinski definition) is 1. The van der Waals surface area contributed by atoms with Crippen molar-refractivity contribution >= 4 is 5.78 Å². The predicted octanol–water partition coefficient (Wildman–Crippen LogP) is 6.52. The fourth-order valence-electron chi connectivity index (χ4n) is 4.83. The molecule has 0 bridgehead atoms. The van der Waals surface area contributed by atoms with Crippen LogP contribution in [0.25, 0.3) is 34.0 Å². The van der Waals surface area contributed by atoms with Gasteiger partial charge in [-0.05, 0) is 72.2 Å². The summed E-state index contributed by atoms with van der Waals surface area (Å²) < 4.78 is 11.2. The second kappa shape index (κ2) is 10.8. The maximum absolute atomic E-state index is 12.5. The highest BCUT2D eigenvalue weighted by molar-refractivity contribution is 5.91. The van der Waals surface area contributed by atoms with Gasteiger partial charge in [0.2, 0.25) is 5.82 Å². The number of benzene rings is 3. The molecule has 1 aliphatic rings. The third-order valence-electron chi connectivity index (χ3n) is 7.09. The van der Waals surface area contributed by atoms with Crippen LogP contribution in [-0.2, 0) is 22.7 Å². The lowest BCUT2D eigenvalue weighted by atomic mass is 9.94. The lowest BCUT2D eigenvalue weighted by Crippen LogP contribution is -2.38. The Hall–Kier alpha value is -3.61. The van der Waals surface area contributed by atoms with Gasteiger partial charge in [-0.1, -0.05) is 60.6 Å². The van der Waals surface area contributed by atoms with Crippen molar-refractivity contribution in [1.29, 1.82) is 0 Å². The molecule has 0 atom stereocenters. The summed E-state index contributed by atoms with van der Waals surface area (Å²) >= 11 is 0. The van der Waals surface area contributed by atoms with Crippen LogP contribution in [0.3, 0.4) is 0 Å². The highest BCUT2D eigenvalue weighted by Gasteiger charge is 2.48. The summed E-state index contributed by atoms with van der Waals surface area (Å²) in [7, 11) is 1.70. The topological polar surface area (TPSA) is 77.2 Å². The minimum atomic E-state index is -0.324. The third kappa shape index (κ3) is 5.41. The Kier molecular flexibility index (Phi) is 7.31. The van der Waals surface area contributed by atoms with Crippen LogP contribution in [-0.4, -0.2) is 28.6 Å². The van der Waals surface area contributed by atoms with E-state index in [9.17, 15) is 4.79 Å². The molecule has 0 unspecified atom stereocenters. The van der Waals surface area contributed by atoms with Gasteiger partial charge in [-0.2, -0.15) is 4.98 Å². The Labute approximate surface area is 218 Å². The van der Waals surface area contributed by atoms with Gasteiger partial charge in [0.05, 0.1) is 12.1 Å². The molecule has 6 heteroatoms. The van der Waals surface area contributed by atoms with Gasteiger partial charge in [0, 0.05) is 31.2 Å². The molecule has 1 fully saturated rings. The minimum absolute atomic E-state index is 0.324. The van der Waals surface area contributed by atoms with E-state index in [0.717, 1.165) is 47.1 Å². The van der Waals surface area contributed by atoms with E-state index < -0.39 is 0 Å². The van der Waals surface area contributed by atoms with E-state index in [1.165, 1.54) is 11.1 Å². The van der Waals surface area contributed by atoms with Gasteiger partial charge < -0.3 is 14.6 Å². The number of hydrogen-bond acceptors (Lipinski definition) is 6. The zero-order valence-electron chi connectivity index (χ0n) is 21.7. The van der Waals surface area contributed by atoms with Crippen LogP contribution in [0, 0.1) is 6.92 Å². The molecule has 190 valence electrons. The molecule has 5 rings (SSSR count). The number of carbonyl (C=O) groups is 1. The molecule has 0 aliphatic heterocycles. The smallest absolute Gasteiger partial charge is 0.258 e. The maximum Gasteiger partial charge on any atom is 0.258 e. The maximum atomic E-state index is 12.5. The molecule has 37 heavy (non-hydrogen) atoms. The average Bonchev–Trinajstić information content (AvgIpc) is 3.55. The number of Topliss-reactive ketones (excluding diaryl/α,β-unsaturated/α-hetero) is 1. The minimum Gasteiger partial charge on any atom is -0.380 e. The van der Waals surface area contributed by atoms with E-state index in [0.29, 0.717) is 37.1 Å². The van der Waals surface area contributed by atoms with E-state index in [-0.39, 0.29) is 5.54 Å². The first-order valence-electron chi connectivity index (χ1n) is 12.9. The Morgan fingerprint density at radius 2 is 1.86 bits per heavy atom. The van der Waals surface area contributed by atoms with Crippen molar-refractivity contribution in [2.24, 2.45) is 0 Å². The molecule has 3 aromatic carbocycles. The number of ketones is 1. The molecular weight excluding hydrogens is 462 g/mol. The summed E-state index contributed by atoms with van der Waals surface area (Å²) in [4.78, 5) is 17.1. The van der Waals surface area contributed by atoms with Crippen molar-refractivity contribution in [1.82, 2.24) is 15.5 Å². The van der Waals surface area contributed by atoms with Crippen molar-refractivity contribution in [3.8, 4) is 34.0 Å². The van der Waals surface area contributed by atoms with Crippen molar-refractivity contribution in [3.05, 3.63) is 83.4 Å². The number of carbonyl (C=O) groups excluding carboxylic acids is 1. The summed E-state index contributed by atoms with van der Waals surface area (Å²) in [6, 6.07) is 22.6. The second-order valence-corrected chi connectivity index (χ2v) is 9.85. The Bertz CT molecular complexity index is 1400. The van der Waals surface area contributed by atoms with Gasteiger partial charge in [0.25, 0.3) is 5.89 Å². The number of aromatic nitrogens is 2. The van der Waals surface area contributed by atoms with E-state index in [2.05, 4.69) is 53.8 Å². The predicted molar refractivity (Wildman–Crippen MR) is 145 cm³/mol. The molecule has 1 heterocycles. The fourth-order valence-corrected chi connectivity index (χ4v) is 4.83.